The zero-order valence-electron chi connectivity index (χ0n) is 21.8. The lowest BCUT2D eigenvalue weighted by Crippen LogP contribution is -2.71. The lowest BCUT2D eigenvalue weighted by molar-refractivity contribution is -0.155. The van der Waals surface area contributed by atoms with Crippen LogP contribution in [0.25, 0.3) is 21.5 Å². The van der Waals surface area contributed by atoms with Crippen LogP contribution in [-0.4, -0.2) is 58.7 Å². The molecule has 0 aliphatic carbocycles. The van der Waals surface area contributed by atoms with Crippen molar-refractivity contribution in [1.29, 1.82) is 5.26 Å². The summed E-state index contributed by atoms with van der Waals surface area (Å²) in [6, 6.07) is 5.99. The Bertz CT molecular complexity index is 1580. The third-order valence-electron chi connectivity index (χ3n) is 7.43. The molecule has 0 spiro atoms. The highest BCUT2D eigenvalue weighted by atomic mass is 32.1. The number of halogens is 1. The molecule has 5 rings (SSSR count). The van der Waals surface area contributed by atoms with E-state index in [1.54, 1.807) is 48.7 Å². The van der Waals surface area contributed by atoms with Crippen LogP contribution in [0.2, 0.25) is 0 Å². The van der Waals surface area contributed by atoms with Gasteiger partial charge in [0.1, 0.15) is 11.8 Å². The van der Waals surface area contributed by atoms with Gasteiger partial charge in [-0.05, 0) is 51.1 Å². The predicted octanol–water partition coefficient (Wildman–Crippen LogP) is 3.45. The zero-order valence-corrected chi connectivity index (χ0v) is 22.6. The maximum atomic E-state index is 15.2. The van der Waals surface area contributed by atoms with Gasteiger partial charge in [0.05, 0.1) is 32.6 Å². The second kappa shape index (κ2) is 10.6. The van der Waals surface area contributed by atoms with Gasteiger partial charge in [-0.1, -0.05) is 0 Å². The number of aliphatic carboxylic acids is 1. The van der Waals surface area contributed by atoms with Crippen LogP contribution in [0.4, 0.5) is 14.9 Å². The molecule has 206 valence electrons. The number of carboxylic acid groups (broad SMARTS) is 1. The largest absolute Gasteiger partial charge is 0.481 e. The first-order valence-electron chi connectivity index (χ1n) is 12.7. The summed E-state index contributed by atoms with van der Waals surface area (Å²) in [7, 11) is 0. The number of allylic oxidation sites excluding steroid dienone is 1. The Balaban J connectivity index is 1.73. The third kappa shape index (κ3) is 4.55. The molecule has 1 saturated heterocycles. The summed E-state index contributed by atoms with van der Waals surface area (Å²) in [6.45, 7) is 4.54. The molecular formula is C27H27FN8O3S. The number of carbonyl (C=O) groups is 2. The first-order chi connectivity index (χ1) is 19.2. The molecule has 2 aromatic heterocycles. The summed E-state index contributed by atoms with van der Waals surface area (Å²) in [4.78, 5) is 40.9. The maximum absolute atomic E-state index is 15.2. The average Bonchev–Trinajstić information content (AvgIpc) is 3.42. The SMILES string of the molecule is CCNC(=O)NC1(C2CNCCC2(C)C(=O)O)N=CC=CN1c1cc(-c2ncc(C#N)cc2F)c2scnc2c1. The zero-order chi connectivity index (χ0) is 28.5. The minimum atomic E-state index is -1.56. The van der Waals surface area contributed by atoms with E-state index in [0.29, 0.717) is 41.0 Å². The molecule has 4 heterocycles. The van der Waals surface area contributed by atoms with Crippen molar-refractivity contribution in [2.75, 3.05) is 24.5 Å². The molecule has 0 saturated carbocycles. The maximum Gasteiger partial charge on any atom is 0.318 e. The minimum absolute atomic E-state index is 0.0385. The van der Waals surface area contributed by atoms with Crippen LogP contribution in [0.5, 0.6) is 0 Å². The Hall–Kier alpha value is -4.41. The van der Waals surface area contributed by atoms with Gasteiger partial charge in [0.15, 0.2) is 5.82 Å². The number of urea groups is 1. The number of nitrogens with zero attached hydrogens (tertiary/aromatic N) is 5. The number of aliphatic imine (C=N–C) groups is 1. The summed E-state index contributed by atoms with van der Waals surface area (Å²) in [6.07, 6.45) is 6.53. The van der Waals surface area contributed by atoms with Gasteiger partial charge in [0.2, 0.25) is 5.79 Å². The van der Waals surface area contributed by atoms with Crippen molar-refractivity contribution in [1.82, 2.24) is 25.9 Å². The molecule has 2 amide bonds. The molecule has 4 N–H and O–H groups in total. The molecule has 2 aliphatic heterocycles. The standard InChI is InChI=1S/C27H27FN8O3S/c1-3-31-25(39)35-27(21-14-30-7-5-26(21,2)24(37)38)34-6-4-8-36(27)17-10-18(23-20(11-17)33-15-40-23)22-19(28)9-16(12-29)13-32-22/h4,6,8-11,13,15,21,30H,3,5,7,14H2,1-2H3,(H,37,38)(H2,31,35,39). The van der Waals surface area contributed by atoms with E-state index in [2.05, 4.69) is 25.9 Å². The van der Waals surface area contributed by atoms with Crippen molar-refractivity contribution in [3.63, 3.8) is 0 Å². The predicted molar refractivity (Wildman–Crippen MR) is 149 cm³/mol. The number of thiazole rings is 1. The fourth-order valence-corrected chi connectivity index (χ4v) is 6.14. The molecule has 3 unspecified atom stereocenters. The second-order valence-electron chi connectivity index (χ2n) is 9.79. The smallest absolute Gasteiger partial charge is 0.318 e. The van der Waals surface area contributed by atoms with Gasteiger partial charge in [0.25, 0.3) is 0 Å². The van der Waals surface area contributed by atoms with Crippen LogP contribution >= 0.6 is 11.3 Å². The summed E-state index contributed by atoms with van der Waals surface area (Å²) in [5.74, 6) is -3.96. The van der Waals surface area contributed by atoms with E-state index >= 15 is 4.39 Å². The van der Waals surface area contributed by atoms with Gasteiger partial charge in [-0.3, -0.25) is 15.1 Å². The Morgan fingerprint density at radius 2 is 2.17 bits per heavy atom. The van der Waals surface area contributed by atoms with Gasteiger partial charge in [-0.25, -0.2) is 19.2 Å². The molecule has 3 aromatic rings. The fraction of sp³-hybridized carbons (Fsp3) is 0.333. The number of carboxylic acids is 1. The number of anilines is 1. The van der Waals surface area contributed by atoms with Gasteiger partial charge >= 0.3 is 12.0 Å². The molecule has 13 heteroatoms. The average molecular weight is 563 g/mol. The van der Waals surface area contributed by atoms with Crippen molar-refractivity contribution >= 4 is 45.5 Å². The van der Waals surface area contributed by atoms with Crippen molar-refractivity contribution in [2.24, 2.45) is 16.3 Å². The van der Waals surface area contributed by atoms with E-state index in [4.69, 9.17) is 4.99 Å². The number of piperidine rings is 1. The number of amides is 2. The summed E-state index contributed by atoms with van der Waals surface area (Å²) in [5, 5.41) is 28.5. The van der Waals surface area contributed by atoms with Gasteiger partial charge in [-0.15, -0.1) is 11.3 Å². The van der Waals surface area contributed by atoms with E-state index in [1.807, 2.05) is 6.07 Å². The Morgan fingerprint density at radius 1 is 1.35 bits per heavy atom. The number of hydrogen-bond donors (Lipinski definition) is 4. The van der Waals surface area contributed by atoms with Crippen molar-refractivity contribution in [3.8, 4) is 17.3 Å². The summed E-state index contributed by atoms with van der Waals surface area (Å²) >= 11 is 1.32. The second-order valence-corrected chi connectivity index (χ2v) is 10.6. The molecule has 2 aliphatic rings. The van der Waals surface area contributed by atoms with Crippen LogP contribution in [0, 0.1) is 28.5 Å². The Morgan fingerprint density at radius 3 is 2.90 bits per heavy atom. The van der Waals surface area contributed by atoms with E-state index in [0.717, 1.165) is 6.07 Å². The van der Waals surface area contributed by atoms with E-state index in [9.17, 15) is 20.0 Å². The molecule has 40 heavy (non-hydrogen) atoms. The quantitative estimate of drug-likeness (QED) is 0.356. The van der Waals surface area contributed by atoms with Gasteiger partial charge in [-0.2, -0.15) is 5.26 Å². The van der Waals surface area contributed by atoms with Crippen LogP contribution in [-0.2, 0) is 4.79 Å². The first kappa shape index (κ1) is 27.2. The van der Waals surface area contributed by atoms with Crippen LogP contribution in [0.1, 0.15) is 25.8 Å². The summed E-state index contributed by atoms with van der Waals surface area (Å²) < 4.78 is 15.9. The molecule has 3 atom stereocenters. The molecule has 0 bridgehead atoms. The molecule has 0 radical (unpaired) electrons. The van der Waals surface area contributed by atoms with Gasteiger partial charge < -0.3 is 20.6 Å². The Labute approximate surface area is 233 Å². The van der Waals surface area contributed by atoms with Crippen molar-refractivity contribution in [3.05, 3.63) is 53.6 Å². The number of fused-ring (bicyclic) bond motifs is 1. The lowest BCUT2D eigenvalue weighted by atomic mass is 9.68. The Kier molecular flexibility index (Phi) is 7.22. The van der Waals surface area contributed by atoms with E-state index in [-0.39, 0.29) is 17.8 Å². The number of rotatable bonds is 6. The number of nitrogens with one attached hydrogen (secondary N) is 3. The number of pyridine rings is 1. The van der Waals surface area contributed by atoms with Crippen LogP contribution < -0.4 is 20.9 Å². The van der Waals surface area contributed by atoms with Gasteiger partial charge in [0, 0.05) is 43.0 Å². The number of carbonyl (C=O) groups excluding carboxylic acids is 1. The van der Waals surface area contributed by atoms with Crippen LogP contribution in [0.15, 0.2) is 47.2 Å². The topological polar surface area (TPSA) is 156 Å². The summed E-state index contributed by atoms with van der Waals surface area (Å²) in [5.41, 5.74) is 2.00. The van der Waals surface area contributed by atoms with E-state index in [1.165, 1.54) is 23.7 Å². The monoisotopic (exact) mass is 562 g/mol. The number of aromatic nitrogens is 2. The molecule has 1 aromatic carbocycles. The third-order valence-corrected chi connectivity index (χ3v) is 8.30. The number of nitriles is 1. The highest BCUT2D eigenvalue weighted by Crippen LogP contribution is 2.46. The first-order valence-corrected chi connectivity index (χ1v) is 13.6. The fourth-order valence-electron chi connectivity index (χ4n) is 5.35. The highest BCUT2D eigenvalue weighted by molar-refractivity contribution is 7.17. The molecule has 11 nitrogen and oxygen atoms in total. The number of benzene rings is 1. The molecular weight excluding hydrogens is 535 g/mol. The van der Waals surface area contributed by atoms with Crippen molar-refractivity contribution < 1.29 is 19.1 Å². The number of hydrogen-bond acceptors (Lipinski definition) is 9. The van der Waals surface area contributed by atoms with Crippen molar-refractivity contribution in [2.45, 2.75) is 26.1 Å². The normalized spacial score (nSPS) is 24.1. The lowest BCUT2D eigenvalue weighted by Gasteiger charge is -2.52. The highest BCUT2D eigenvalue weighted by Gasteiger charge is 2.57. The minimum Gasteiger partial charge on any atom is -0.481 e. The van der Waals surface area contributed by atoms with Crippen LogP contribution in [0.3, 0.4) is 0 Å². The molecule has 1 fully saturated rings. The van der Waals surface area contributed by atoms with E-state index < -0.39 is 34.9 Å².